The van der Waals surface area contributed by atoms with Crippen molar-refractivity contribution >= 4 is 17.0 Å². The Balaban J connectivity index is 2.18. The molecule has 132 valence electrons. The number of aromatic nitrogens is 1. The summed E-state index contributed by atoms with van der Waals surface area (Å²) >= 11 is 1.36. The fraction of sp³-hybridized carbons (Fsp3) is 0.100. The maximum absolute atomic E-state index is 14.3. The zero-order valence-corrected chi connectivity index (χ0v) is 15.0. The molecule has 26 heavy (non-hydrogen) atoms. The molecule has 0 aliphatic rings. The highest BCUT2D eigenvalue weighted by atomic mass is 32.1. The SMILES string of the molecule is C=CCN=c1scc(-c2ccccc2F)n1N=C(C)c1cccc(F)c1. The molecule has 0 atom stereocenters. The third-order valence-electron chi connectivity index (χ3n) is 3.68. The molecule has 0 aliphatic heterocycles. The van der Waals surface area contributed by atoms with Crippen molar-refractivity contribution in [3.05, 3.63) is 88.6 Å². The van der Waals surface area contributed by atoms with E-state index in [1.165, 1.54) is 29.5 Å². The Morgan fingerprint density at radius 2 is 2.00 bits per heavy atom. The smallest absolute Gasteiger partial charge is 0.206 e. The first kappa shape index (κ1) is 17.9. The average molecular weight is 369 g/mol. The van der Waals surface area contributed by atoms with Crippen LogP contribution >= 0.6 is 11.3 Å². The van der Waals surface area contributed by atoms with Gasteiger partial charge in [0.1, 0.15) is 11.6 Å². The fourth-order valence-electron chi connectivity index (χ4n) is 2.42. The molecule has 6 heteroatoms. The lowest BCUT2D eigenvalue weighted by atomic mass is 10.1. The van der Waals surface area contributed by atoms with Gasteiger partial charge in [0.2, 0.25) is 4.80 Å². The molecule has 1 aromatic heterocycles. The molecule has 0 aliphatic carbocycles. The maximum atomic E-state index is 14.3. The van der Waals surface area contributed by atoms with Gasteiger partial charge in [-0.25, -0.2) is 13.5 Å². The van der Waals surface area contributed by atoms with Crippen LogP contribution in [0.15, 0.2) is 76.7 Å². The van der Waals surface area contributed by atoms with Crippen LogP contribution in [0.2, 0.25) is 0 Å². The second-order valence-electron chi connectivity index (χ2n) is 5.52. The van der Waals surface area contributed by atoms with E-state index < -0.39 is 0 Å². The minimum absolute atomic E-state index is 0.335. The molecule has 1 heterocycles. The van der Waals surface area contributed by atoms with Crippen LogP contribution in [0.4, 0.5) is 8.78 Å². The minimum Gasteiger partial charge on any atom is -0.253 e. The zero-order valence-electron chi connectivity index (χ0n) is 14.2. The van der Waals surface area contributed by atoms with Crippen molar-refractivity contribution in [3.8, 4) is 11.3 Å². The Morgan fingerprint density at radius 3 is 2.73 bits per heavy atom. The number of hydrogen-bond acceptors (Lipinski definition) is 3. The summed E-state index contributed by atoms with van der Waals surface area (Å²) in [7, 11) is 0. The predicted molar refractivity (Wildman–Crippen MR) is 102 cm³/mol. The Hall–Kier alpha value is -2.86. The van der Waals surface area contributed by atoms with E-state index in [0.717, 1.165) is 0 Å². The van der Waals surface area contributed by atoms with Gasteiger partial charge >= 0.3 is 0 Å². The summed E-state index contributed by atoms with van der Waals surface area (Å²) in [6.45, 7) is 5.87. The molecule has 3 rings (SSSR count). The normalized spacial score (nSPS) is 12.4. The van der Waals surface area contributed by atoms with Gasteiger partial charge in [-0.15, -0.1) is 17.9 Å². The first-order valence-electron chi connectivity index (χ1n) is 7.98. The molecule has 0 bridgehead atoms. The third kappa shape index (κ3) is 3.86. The number of thiazole rings is 1. The summed E-state index contributed by atoms with van der Waals surface area (Å²) in [6, 6.07) is 12.7. The van der Waals surface area contributed by atoms with Crippen molar-refractivity contribution < 1.29 is 8.78 Å². The largest absolute Gasteiger partial charge is 0.253 e. The number of halogens is 2. The summed E-state index contributed by atoms with van der Waals surface area (Å²) < 4.78 is 29.4. The summed E-state index contributed by atoms with van der Waals surface area (Å²) in [5.41, 5.74) is 2.27. The molecule has 0 fully saturated rings. The molecule has 0 amide bonds. The van der Waals surface area contributed by atoms with Crippen LogP contribution in [-0.4, -0.2) is 16.9 Å². The first-order chi connectivity index (χ1) is 12.6. The third-order valence-corrected chi connectivity index (χ3v) is 4.54. The second-order valence-corrected chi connectivity index (χ2v) is 6.36. The predicted octanol–water partition coefficient (Wildman–Crippen LogP) is 4.85. The van der Waals surface area contributed by atoms with Gasteiger partial charge in [0.25, 0.3) is 0 Å². The molecule has 3 nitrogen and oxygen atoms in total. The van der Waals surface area contributed by atoms with E-state index in [4.69, 9.17) is 0 Å². The van der Waals surface area contributed by atoms with Gasteiger partial charge < -0.3 is 0 Å². The van der Waals surface area contributed by atoms with Gasteiger partial charge in [-0.05, 0) is 31.2 Å². The van der Waals surface area contributed by atoms with Gasteiger partial charge in [-0.3, -0.25) is 4.99 Å². The number of hydrogen-bond donors (Lipinski definition) is 0. The van der Waals surface area contributed by atoms with Crippen molar-refractivity contribution in [2.45, 2.75) is 6.92 Å². The van der Waals surface area contributed by atoms with Crippen molar-refractivity contribution in [2.24, 2.45) is 10.1 Å². The summed E-state index contributed by atoms with van der Waals surface area (Å²) in [5.74, 6) is -0.675. The maximum Gasteiger partial charge on any atom is 0.206 e. The van der Waals surface area contributed by atoms with Gasteiger partial charge in [-0.1, -0.05) is 30.3 Å². The molecule has 0 saturated carbocycles. The molecule has 0 unspecified atom stereocenters. The Kier molecular flexibility index (Phi) is 5.53. The molecular weight excluding hydrogens is 352 g/mol. The van der Waals surface area contributed by atoms with E-state index in [2.05, 4.69) is 16.7 Å². The van der Waals surface area contributed by atoms with Crippen molar-refractivity contribution in [2.75, 3.05) is 6.54 Å². The Bertz CT molecular complexity index is 1030. The van der Waals surface area contributed by atoms with Crippen LogP contribution in [0.5, 0.6) is 0 Å². The molecule has 0 saturated heterocycles. The van der Waals surface area contributed by atoms with E-state index in [1.54, 1.807) is 48.0 Å². The van der Waals surface area contributed by atoms with E-state index in [1.807, 2.05) is 5.38 Å². The quantitative estimate of drug-likeness (QED) is 0.454. The highest BCUT2D eigenvalue weighted by Gasteiger charge is 2.12. The minimum atomic E-state index is -0.340. The van der Waals surface area contributed by atoms with Gasteiger partial charge in [0, 0.05) is 16.5 Å². The summed E-state index contributed by atoms with van der Waals surface area (Å²) in [4.78, 5) is 5.03. The number of nitrogens with zero attached hydrogens (tertiary/aromatic N) is 3. The van der Waals surface area contributed by atoms with Crippen LogP contribution in [0, 0.1) is 11.6 Å². The average Bonchev–Trinajstić information content (AvgIpc) is 3.02. The lowest BCUT2D eigenvalue weighted by molar-refractivity contribution is 0.627. The van der Waals surface area contributed by atoms with Crippen molar-refractivity contribution in [1.82, 2.24) is 4.68 Å². The van der Waals surface area contributed by atoms with E-state index in [9.17, 15) is 8.78 Å². The number of benzene rings is 2. The second kappa shape index (κ2) is 8.01. The standard InChI is InChI=1S/C20H17F2N3S/c1-3-11-23-20-25(24-14(2)15-7-6-8-16(21)12-15)19(13-26-20)17-9-4-5-10-18(17)22/h3-10,12-13H,1,11H2,2H3. The Labute approximate surface area is 154 Å². The van der Waals surface area contributed by atoms with E-state index in [-0.39, 0.29) is 11.6 Å². The molecule has 0 spiro atoms. The molecule has 2 aromatic carbocycles. The van der Waals surface area contributed by atoms with Gasteiger partial charge in [0.15, 0.2) is 0 Å². The van der Waals surface area contributed by atoms with Crippen LogP contribution < -0.4 is 4.80 Å². The van der Waals surface area contributed by atoms with E-state index >= 15 is 0 Å². The molecule has 0 N–H and O–H groups in total. The number of rotatable bonds is 5. The molecule has 3 aromatic rings. The topological polar surface area (TPSA) is 29.6 Å². The highest BCUT2D eigenvalue weighted by Crippen LogP contribution is 2.23. The van der Waals surface area contributed by atoms with Crippen LogP contribution in [0.1, 0.15) is 12.5 Å². The van der Waals surface area contributed by atoms with Gasteiger partial charge in [-0.2, -0.15) is 5.10 Å². The summed E-state index contributed by atoms with van der Waals surface area (Å²) in [6.07, 6.45) is 1.68. The molecular formula is C20H17F2N3S. The lowest BCUT2D eigenvalue weighted by Crippen LogP contribution is -2.15. The monoisotopic (exact) mass is 369 g/mol. The fourth-order valence-corrected chi connectivity index (χ4v) is 3.25. The molecule has 0 radical (unpaired) electrons. The highest BCUT2D eigenvalue weighted by molar-refractivity contribution is 7.07. The lowest BCUT2D eigenvalue weighted by Gasteiger charge is -2.07. The van der Waals surface area contributed by atoms with E-state index in [0.29, 0.717) is 33.9 Å². The van der Waals surface area contributed by atoms with Crippen LogP contribution in [-0.2, 0) is 0 Å². The van der Waals surface area contributed by atoms with Gasteiger partial charge in [0.05, 0.1) is 18.0 Å². The first-order valence-corrected chi connectivity index (χ1v) is 8.86. The summed E-state index contributed by atoms with van der Waals surface area (Å²) in [5, 5.41) is 6.39. The van der Waals surface area contributed by atoms with Crippen molar-refractivity contribution in [1.29, 1.82) is 0 Å². The van der Waals surface area contributed by atoms with Crippen molar-refractivity contribution in [3.63, 3.8) is 0 Å². The zero-order chi connectivity index (χ0) is 18.5. The van der Waals surface area contributed by atoms with Crippen LogP contribution in [0.3, 0.4) is 0 Å². The Morgan fingerprint density at radius 1 is 1.19 bits per heavy atom. The van der Waals surface area contributed by atoms with Crippen LogP contribution in [0.25, 0.3) is 11.3 Å².